The van der Waals surface area contributed by atoms with Crippen molar-refractivity contribution in [3.05, 3.63) is 24.3 Å². The Labute approximate surface area is 140 Å². The first-order valence-electron chi connectivity index (χ1n) is 7.59. The van der Waals surface area contributed by atoms with Crippen LogP contribution >= 0.6 is 11.3 Å². The van der Waals surface area contributed by atoms with Crippen LogP contribution in [-0.4, -0.2) is 28.3 Å². The maximum absolute atomic E-state index is 12.4. The fourth-order valence-corrected chi connectivity index (χ4v) is 2.99. The number of rotatable bonds is 6. The average molecular weight is 334 g/mol. The first kappa shape index (κ1) is 17.4. The summed E-state index contributed by atoms with van der Waals surface area (Å²) >= 11 is 1.39. The normalized spacial score (nSPS) is 15.2. The first-order chi connectivity index (χ1) is 10.7. The predicted octanol–water partition coefficient (Wildman–Crippen LogP) is 3.18. The van der Waals surface area contributed by atoms with Crippen molar-refractivity contribution in [1.82, 2.24) is 10.3 Å². The van der Waals surface area contributed by atoms with E-state index in [4.69, 9.17) is 4.74 Å². The van der Waals surface area contributed by atoms with Crippen LogP contribution in [0.4, 0.5) is 0 Å². The second-order valence-electron chi connectivity index (χ2n) is 6.11. The van der Waals surface area contributed by atoms with E-state index in [0.29, 0.717) is 5.19 Å². The standard InChI is InChI=1S/C17H22N2O3S/c1-10(2)17(5,12(4)20)19-15(21)11(3)22-16-18-13-8-6-7-9-14(13)23-16/h6-11H,1-5H3,(H,19,21). The molecule has 0 fully saturated rings. The van der Waals surface area contributed by atoms with Crippen molar-refractivity contribution in [3.8, 4) is 5.19 Å². The highest BCUT2D eigenvalue weighted by molar-refractivity contribution is 7.20. The summed E-state index contributed by atoms with van der Waals surface area (Å²) in [6.07, 6.45) is -0.729. The lowest BCUT2D eigenvalue weighted by Crippen LogP contribution is -2.57. The molecule has 2 atom stereocenters. The topological polar surface area (TPSA) is 68.3 Å². The molecule has 2 rings (SSSR count). The van der Waals surface area contributed by atoms with E-state index in [9.17, 15) is 9.59 Å². The molecular weight excluding hydrogens is 312 g/mol. The quantitative estimate of drug-likeness (QED) is 0.881. The molecule has 1 aromatic heterocycles. The van der Waals surface area contributed by atoms with Crippen LogP contribution in [-0.2, 0) is 9.59 Å². The predicted molar refractivity (Wildman–Crippen MR) is 91.8 cm³/mol. The number of amides is 1. The molecule has 5 nitrogen and oxygen atoms in total. The molecule has 0 aliphatic rings. The molecule has 2 aromatic rings. The van der Waals surface area contributed by atoms with E-state index in [1.807, 2.05) is 38.1 Å². The van der Waals surface area contributed by atoms with Gasteiger partial charge in [-0.2, -0.15) is 0 Å². The smallest absolute Gasteiger partial charge is 0.275 e. The van der Waals surface area contributed by atoms with E-state index in [-0.39, 0.29) is 17.6 Å². The molecule has 1 aromatic carbocycles. The Morgan fingerprint density at radius 3 is 2.48 bits per heavy atom. The molecule has 2 unspecified atom stereocenters. The van der Waals surface area contributed by atoms with Crippen LogP contribution in [0.5, 0.6) is 5.19 Å². The third kappa shape index (κ3) is 3.69. The third-order valence-electron chi connectivity index (χ3n) is 4.19. The molecule has 0 saturated carbocycles. The van der Waals surface area contributed by atoms with Gasteiger partial charge in [0.2, 0.25) is 0 Å². The summed E-state index contributed by atoms with van der Waals surface area (Å²) in [5.41, 5.74) is -0.0571. The van der Waals surface area contributed by atoms with Crippen LogP contribution in [0, 0.1) is 5.92 Å². The zero-order chi connectivity index (χ0) is 17.2. The van der Waals surface area contributed by atoms with Gasteiger partial charge in [0.15, 0.2) is 11.9 Å². The van der Waals surface area contributed by atoms with Crippen molar-refractivity contribution in [2.75, 3.05) is 0 Å². The molecule has 6 heteroatoms. The summed E-state index contributed by atoms with van der Waals surface area (Å²) in [4.78, 5) is 28.6. The average Bonchev–Trinajstić information content (AvgIpc) is 2.88. The molecule has 1 amide bonds. The molecule has 0 aliphatic carbocycles. The Balaban J connectivity index is 2.09. The maximum atomic E-state index is 12.4. The largest absolute Gasteiger partial charge is 0.457 e. The van der Waals surface area contributed by atoms with E-state index < -0.39 is 11.6 Å². The number of nitrogens with zero attached hydrogens (tertiary/aromatic N) is 1. The molecule has 0 radical (unpaired) electrons. The Morgan fingerprint density at radius 1 is 1.26 bits per heavy atom. The van der Waals surface area contributed by atoms with E-state index in [1.54, 1.807) is 13.8 Å². The lowest BCUT2D eigenvalue weighted by atomic mass is 9.84. The van der Waals surface area contributed by atoms with E-state index in [0.717, 1.165) is 10.2 Å². The van der Waals surface area contributed by atoms with Gasteiger partial charge in [-0.05, 0) is 38.8 Å². The van der Waals surface area contributed by atoms with Gasteiger partial charge in [-0.25, -0.2) is 4.98 Å². The van der Waals surface area contributed by atoms with Gasteiger partial charge in [0.1, 0.15) is 0 Å². The maximum Gasteiger partial charge on any atom is 0.275 e. The molecule has 0 saturated heterocycles. The Bertz CT molecular complexity index is 692. The van der Waals surface area contributed by atoms with Crippen LogP contribution in [0.3, 0.4) is 0 Å². The summed E-state index contributed by atoms with van der Waals surface area (Å²) in [7, 11) is 0. The number of ketones is 1. The highest BCUT2D eigenvalue weighted by Gasteiger charge is 2.36. The summed E-state index contributed by atoms with van der Waals surface area (Å²) < 4.78 is 6.66. The molecule has 124 valence electrons. The first-order valence-corrected chi connectivity index (χ1v) is 8.41. The van der Waals surface area contributed by atoms with Crippen LogP contribution < -0.4 is 10.1 Å². The molecule has 0 bridgehead atoms. The number of aromatic nitrogens is 1. The number of thiazole rings is 1. The monoisotopic (exact) mass is 334 g/mol. The number of nitrogens with one attached hydrogen (secondary N) is 1. The Hall–Kier alpha value is -1.95. The molecule has 23 heavy (non-hydrogen) atoms. The number of carbonyl (C=O) groups is 2. The van der Waals surface area contributed by atoms with Crippen LogP contribution in [0.15, 0.2) is 24.3 Å². The number of hydrogen-bond donors (Lipinski definition) is 1. The molecule has 1 N–H and O–H groups in total. The number of para-hydroxylation sites is 1. The summed E-state index contributed by atoms with van der Waals surface area (Å²) in [6.45, 7) is 8.69. The molecule has 1 heterocycles. The van der Waals surface area contributed by atoms with Crippen molar-refractivity contribution in [3.63, 3.8) is 0 Å². The lowest BCUT2D eigenvalue weighted by Gasteiger charge is -2.33. The van der Waals surface area contributed by atoms with E-state index in [2.05, 4.69) is 10.3 Å². The van der Waals surface area contributed by atoms with Gasteiger partial charge in [-0.3, -0.25) is 9.59 Å². The second-order valence-corrected chi connectivity index (χ2v) is 7.10. The Morgan fingerprint density at radius 2 is 1.91 bits per heavy atom. The highest BCUT2D eigenvalue weighted by atomic mass is 32.1. The van der Waals surface area contributed by atoms with Crippen molar-refractivity contribution in [2.24, 2.45) is 5.92 Å². The van der Waals surface area contributed by atoms with Crippen LogP contribution in [0.2, 0.25) is 0 Å². The number of hydrogen-bond acceptors (Lipinski definition) is 5. The number of carbonyl (C=O) groups excluding carboxylic acids is 2. The highest BCUT2D eigenvalue weighted by Crippen LogP contribution is 2.28. The van der Waals surface area contributed by atoms with Crippen molar-refractivity contribution in [1.29, 1.82) is 0 Å². The van der Waals surface area contributed by atoms with Gasteiger partial charge in [0.05, 0.1) is 15.8 Å². The molecular formula is C17H22N2O3S. The third-order valence-corrected chi connectivity index (χ3v) is 5.12. The summed E-state index contributed by atoms with van der Waals surface area (Å²) in [5, 5.41) is 3.26. The minimum Gasteiger partial charge on any atom is -0.457 e. The molecule has 0 spiro atoms. The zero-order valence-electron chi connectivity index (χ0n) is 14.0. The van der Waals surface area contributed by atoms with Gasteiger partial charge in [-0.15, -0.1) is 0 Å². The minimum atomic E-state index is -0.901. The number of fused-ring (bicyclic) bond motifs is 1. The van der Waals surface area contributed by atoms with Gasteiger partial charge < -0.3 is 10.1 Å². The van der Waals surface area contributed by atoms with Gasteiger partial charge in [0.25, 0.3) is 11.1 Å². The fraction of sp³-hybridized carbons (Fsp3) is 0.471. The van der Waals surface area contributed by atoms with Gasteiger partial charge >= 0.3 is 0 Å². The SMILES string of the molecule is CC(=O)C(C)(NC(=O)C(C)Oc1nc2ccccc2s1)C(C)C. The second kappa shape index (κ2) is 6.66. The van der Waals surface area contributed by atoms with Crippen LogP contribution in [0.1, 0.15) is 34.6 Å². The summed E-state index contributed by atoms with van der Waals surface area (Å²) in [5.74, 6) is -0.415. The number of ether oxygens (including phenoxy) is 1. The van der Waals surface area contributed by atoms with E-state index >= 15 is 0 Å². The van der Waals surface area contributed by atoms with E-state index in [1.165, 1.54) is 18.3 Å². The number of Topliss-reactive ketones (excluding diaryl/α,β-unsaturated/α-hetero) is 1. The minimum absolute atomic E-state index is 0.0152. The molecule has 0 aliphatic heterocycles. The van der Waals surface area contributed by atoms with Crippen molar-refractivity contribution in [2.45, 2.75) is 46.3 Å². The van der Waals surface area contributed by atoms with Gasteiger partial charge in [-0.1, -0.05) is 37.3 Å². The fourth-order valence-electron chi connectivity index (χ4n) is 2.10. The number of benzene rings is 1. The van der Waals surface area contributed by atoms with Gasteiger partial charge in [0, 0.05) is 0 Å². The van der Waals surface area contributed by atoms with Crippen molar-refractivity contribution >= 4 is 33.2 Å². The van der Waals surface area contributed by atoms with Crippen LogP contribution in [0.25, 0.3) is 10.2 Å². The summed E-state index contributed by atoms with van der Waals surface area (Å²) in [6, 6.07) is 7.69. The Kier molecular flexibility index (Phi) is 5.04. The zero-order valence-corrected chi connectivity index (χ0v) is 14.9. The lowest BCUT2D eigenvalue weighted by molar-refractivity contribution is -0.135. The van der Waals surface area contributed by atoms with Crippen molar-refractivity contribution < 1.29 is 14.3 Å².